The van der Waals surface area contributed by atoms with Crippen LogP contribution in [0, 0.1) is 0 Å². The number of hydrogen-bond acceptors (Lipinski definition) is 4. The lowest BCUT2D eigenvalue weighted by molar-refractivity contribution is 0.624. The number of rotatable bonds is 8. The quantitative estimate of drug-likeness (QED) is 0.409. The topological polar surface area (TPSA) is 48.1 Å². The van der Waals surface area contributed by atoms with Crippen LogP contribution in [0.5, 0.6) is 0 Å². The molecule has 0 aromatic carbocycles. The molecule has 13 heavy (non-hydrogen) atoms. The van der Waals surface area contributed by atoms with E-state index in [1.165, 1.54) is 0 Å². The third-order valence-corrected chi connectivity index (χ3v) is 1.38. The van der Waals surface area contributed by atoms with Gasteiger partial charge in [0.15, 0.2) is 0 Å². The minimum absolute atomic E-state index is 0.623. The van der Waals surface area contributed by atoms with Crippen molar-refractivity contribution in [1.29, 1.82) is 0 Å². The molecule has 0 aliphatic carbocycles. The number of nitrogens with one attached hydrogen (secondary N) is 4. The van der Waals surface area contributed by atoms with Gasteiger partial charge >= 0.3 is 0 Å². The maximum Gasteiger partial charge on any atom is 0.0926 e. The van der Waals surface area contributed by atoms with Gasteiger partial charge in [0.25, 0.3) is 0 Å². The highest BCUT2D eigenvalue weighted by molar-refractivity contribution is 4.91. The van der Waals surface area contributed by atoms with Crippen LogP contribution >= 0.6 is 0 Å². The molecule has 0 saturated heterocycles. The lowest BCUT2D eigenvalue weighted by atomic mass is 10.6. The third-order valence-electron chi connectivity index (χ3n) is 1.38. The molecule has 0 aromatic heterocycles. The van der Waals surface area contributed by atoms with Crippen molar-refractivity contribution in [3.05, 3.63) is 24.8 Å². The van der Waals surface area contributed by atoms with Crippen LogP contribution in [0.4, 0.5) is 0 Å². The van der Waals surface area contributed by atoms with Crippen molar-refractivity contribution >= 4 is 0 Å². The van der Waals surface area contributed by atoms with E-state index < -0.39 is 0 Å². The molecule has 0 aromatic rings. The molecule has 0 bridgehead atoms. The molecule has 0 amide bonds. The maximum absolute atomic E-state index is 3.77. The van der Waals surface area contributed by atoms with Gasteiger partial charge < -0.3 is 21.3 Å². The molecular weight excluding hydrogens is 164 g/mol. The molecule has 0 aliphatic heterocycles. The van der Waals surface area contributed by atoms with E-state index in [4.69, 9.17) is 0 Å². The summed E-state index contributed by atoms with van der Waals surface area (Å²) in [6, 6.07) is 0. The minimum Gasteiger partial charge on any atom is -0.373 e. The highest BCUT2D eigenvalue weighted by atomic mass is 15.2. The third kappa shape index (κ3) is 7.05. The van der Waals surface area contributed by atoms with Crippen LogP contribution in [-0.4, -0.2) is 19.8 Å². The fourth-order valence-corrected chi connectivity index (χ4v) is 0.809. The Morgan fingerprint density at radius 1 is 0.846 bits per heavy atom. The van der Waals surface area contributed by atoms with E-state index in [1.54, 1.807) is 0 Å². The summed E-state index contributed by atoms with van der Waals surface area (Å²) >= 11 is 0. The second-order valence-corrected chi connectivity index (χ2v) is 2.55. The zero-order chi connectivity index (χ0) is 10.1. The van der Waals surface area contributed by atoms with Crippen LogP contribution in [0.1, 0.15) is 13.8 Å². The van der Waals surface area contributed by atoms with E-state index in [9.17, 15) is 0 Å². The van der Waals surface area contributed by atoms with Crippen LogP contribution in [0.15, 0.2) is 24.8 Å². The van der Waals surface area contributed by atoms with Crippen LogP contribution in [0.2, 0.25) is 0 Å². The lowest BCUT2D eigenvalue weighted by Crippen LogP contribution is -2.36. The molecule has 0 unspecified atom stereocenters. The van der Waals surface area contributed by atoms with Gasteiger partial charge in [-0.1, -0.05) is 13.2 Å². The summed E-state index contributed by atoms with van der Waals surface area (Å²) in [7, 11) is 0. The summed E-state index contributed by atoms with van der Waals surface area (Å²) in [4.78, 5) is 0. The molecule has 4 heteroatoms. The van der Waals surface area contributed by atoms with Gasteiger partial charge in [0, 0.05) is 13.1 Å². The molecule has 0 radical (unpaired) electrons. The molecular formula is C9H20N4. The van der Waals surface area contributed by atoms with Crippen LogP contribution in [-0.2, 0) is 0 Å². The van der Waals surface area contributed by atoms with Gasteiger partial charge in [0.2, 0.25) is 0 Å². The second kappa shape index (κ2) is 7.34. The first-order chi connectivity index (χ1) is 6.20. The summed E-state index contributed by atoms with van der Waals surface area (Å²) in [5.74, 6) is 1.64. The van der Waals surface area contributed by atoms with Crippen molar-refractivity contribution in [2.24, 2.45) is 0 Å². The Bertz CT molecular complexity index is 147. The van der Waals surface area contributed by atoms with Crippen LogP contribution < -0.4 is 21.3 Å². The van der Waals surface area contributed by atoms with Gasteiger partial charge in [-0.05, 0) is 13.8 Å². The summed E-state index contributed by atoms with van der Waals surface area (Å²) in [6.07, 6.45) is 0. The fraction of sp³-hybridized carbons (Fsp3) is 0.556. The summed E-state index contributed by atoms with van der Waals surface area (Å²) in [5, 5.41) is 12.2. The molecule has 0 fully saturated rings. The molecule has 0 atom stereocenters. The number of hydrogen-bond donors (Lipinski definition) is 4. The van der Waals surface area contributed by atoms with E-state index in [0.29, 0.717) is 6.67 Å². The Balaban J connectivity index is 3.33. The van der Waals surface area contributed by atoms with E-state index >= 15 is 0 Å². The van der Waals surface area contributed by atoms with Gasteiger partial charge in [-0.25, -0.2) is 0 Å². The summed E-state index contributed by atoms with van der Waals surface area (Å²) in [5.41, 5.74) is 0. The monoisotopic (exact) mass is 184 g/mol. The molecule has 0 spiro atoms. The first-order valence-electron chi connectivity index (χ1n) is 4.54. The Morgan fingerprint density at radius 3 is 1.54 bits per heavy atom. The standard InChI is InChI=1S/C9H20N4/c1-5-10-8(3)12-7-13-9(4)11-6-2/h10-13H,3-7H2,1-2H3. The van der Waals surface area contributed by atoms with Crippen molar-refractivity contribution in [2.75, 3.05) is 19.8 Å². The highest BCUT2D eigenvalue weighted by Gasteiger charge is 1.90. The van der Waals surface area contributed by atoms with Gasteiger partial charge in [-0.3, -0.25) is 0 Å². The maximum atomic E-state index is 3.77. The van der Waals surface area contributed by atoms with E-state index in [2.05, 4.69) is 34.4 Å². The van der Waals surface area contributed by atoms with E-state index in [-0.39, 0.29) is 0 Å². The van der Waals surface area contributed by atoms with Crippen molar-refractivity contribution in [3.8, 4) is 0 Å². The van der Waals surface area contributed by atoms with Crippen LogP contribution in [0.3, 0.4) is 0 Å². The van der Waals surface area contributed by atoms with E-state index in [0.717, 1.165) is 24.7 Å². The minimum atomic E-state index is 0.623. The average molecular weight is 184 g/mol. The summed E-state index contributed by atoms with van der Waals surface area (Å²) in [6.45, 7) is 14.0. The lowest BCUT2D eigenvalue weighted by Gasteiger charge is -2.14. The molecule has 0 rings (SSSR count). The molecule has 0 aliphatic rings. The van der Waals surface area contributed by atoms with Gasteiger partial charge in [-0.15, -0.1) is 0 Å². The zero-order valence-corrected chi connectivity index (χ0v) is 8.54. The predicted molar refractivity (Wildman–Crippen MR) is 56.8 cm³/mol. The van der Waals surface area contributed by atoms with Crippen molar-refractivity contribution in [3.63, 3.8) is 0 Å². The molecule has 0 saturated carbocycles. The van der Waals surface area contributed by atoms with Crippen molar-refractivity contribution < 1.29 is 0 Å². The molecule has 0 heterocycles. The zero-order valence-electron chi connectivity index (χ0n) is 8.54. The van der Waals surface area contributed by atoms with Gasteiger partial charge in [0.1, 0.15) is 0 Å². The van der Waals surface area contributed by atoms with E-state index in [1.807, 2.05) is 13.8 Å². The Labute approximate surface area is 80.5 Å². The Kier molecular flexibility index (Phi) is 6.59. The molecule has 4 N–H and O–H groups in total. The highest BCUT2D eigenvalue weighted by Crippen LogP contribution is 1.76. The Hall–Kier alpha value is -1.32. The second-order valence-electron chi connectivity index (χ2n) is 2.55. The predicted octanol–water partition coefficient (Wildman–Crippen LogP) is 0.285. The first kappa shape index (κ1) is 11.7. The van der Waals surface area contributed by atoms with Crippen LogP contribution in [0.25, 0.3) is 0 Å². The van der Waals surface area contributed by atoms with Gasteiger partial charge in [-0.2, -0.15) is 0 Å². The largest absolute Gasteiger partial charge is 0.373 e. The normalized spacial score (nSPS) is 8.77. The van der Waals surface area contributed by atoms with Crippen molar-refractivity contribution in [1.82, 2.24) is 21.3 Å². The SMILES string of the molecule is C=C(NCC)NCNC(=C)NCC. The Morgan fingerprint density at radius 2 is 1.23 bits per heavy atom. The molecule has 4 nitrogen and oxygen atoms in total. The van der Waals surface area contributed by atoms with Crippen molar-refractivity contribution in [2.45, 2.75) is 13.8 Å². The molecule has 76 valence electrons. The fourth-order valence-electron chi connectivity index (χ4n) is 0.809. The summed E-state index contributed by atoms with van der Waals surface area (Å²) < 4.78 is 0. The smallest absolute Gasteiger partial charge is 0.0926 e. The van der Waals surface area contributed by atoms with Gasteiger partial charge in [0.05, 0.1) is 18.3 Å². The average Bonchev–Trinajstić information content (AvgIpc) is 2.05. The first-order valence-corrected chi connectivity index (χ1v) is 4.54.